The van der Waals surface area contributed by atoms with Crippen LogP contribution in [0.2, 0.25) is 0 Å². The predicted octanol–water partition coefficient (Wildman–Crippen LogP) is 1.63. The number of halogens is 1. The fourth-order valence-electron chi connectivity index (χ4n) is 2.29. The maximum Gasteiger partial charge on any atom is 0.351 e. The lowest BCUT2D eigenvalue weighted by atomic mass is 10.2. The summed E-state index contributed by atoms with van der Waals surface area (Å²) in [6.45, 7) is 1.90. The van der Waals surface area contributed by atoms with Crippen molar-refractivity contribution >= 4 is 11.6 Å². The van der Waals surface area contributed by atoms with E-state index in [0.29, 0.717) is 5.69 Å². The molecule has 0 aliphatic rings. The largest absolute Gasteiger partial charge is 0.351 e. The van der Waals surface area contributed by atoms with Crippen LogP contribution in [-0.2, 0) is 7.05 Å². The zero-order chi connectivity index (χ0) is 18.8. The number of aryl methyl sites for hydroxylation is 1. The summed E-state index contributed by atoms with van der Waals surface area (Å²) in [5.74, 6) is -1.23. The van der Waals surface area contributed by atoms with E-state index in [1.165, 1.54) is 19.2 Å². The molecule has 0 saturated carbocycles. The molecular weight excluding hydrogens is 339 g/mol. The van der Waals surface area contributed by atoms with Crippen molar-refractivity contribution in [3.63, 3.8) is 0 Å². The highest BCUT2D eigenvalue weighted by atomic mass is 19.1. The van der Waals surface area contributed by atoms with Crippen molar-refractivity contribution < 1.29 is 9.18 Å². The fourth-order valence-corrected chi connectivity index (χ4v) is 2.29. The Morgan fingerprint density at radius 2 is 1.65 bits per heavy atom. The Hall–Kier alpha value is -3.55. The first-order chi connectivity index (χ1) is 12.4. The molecule has 2 aromatic carbocycles. The van der Waals surface area contributed by atoms with Gasteiger partial charge in [0.25, 0.3) is 11.5 Å². The zero-order valence-corrected chi connectivity index (χ0v) is 14.1. The second kappa shape index (κ2) is 6.75. The molecule has 0 aliphatic carbocycles. The van der Waals surface area contributed by atoms with Crippen molar-refractivity contribution in [2.45, 2.75) is 6.92 Å². The molecule has 132 valence electrons. The number of anilines is 1. The van der Waals surface area contributed by atoms with Crippen LogP contribution >= 0.6 is 0 Å². The molecule has 0 spiro atoms. The number of carbonyl (C=O) groups excluding carboxylic acids is 1. The van der Waals surface area contributed by atoms with Gasteiger partial charge in [0, 0.05) is 12.7 Å². The zero-order valence-electron chi connectivity index (χ0n) is 14.1. The minimum atomic E-state index is -0.821. The van der Waals surface area contributed by atoms with Crippen LogP contribution in [0.4, 0.5) is 10.1 Å². The highest BCUT2D eigenvalue weighted by Gasteiger charge is 2.18. The van der Waals surface area contributed by atoms with E-state index in [1.54, 1.807) is 24.3 Å². The van der Waals surface area contributed by atoms with Crippen molar-refractivity contribution in [3.8, 4) is 5.69 Å². The van der Waals surface area contributed by atoms with Crippen LogP contribution in [0.25, 0.3) is 5.69 Å². The van der Waals surface area contributed by atoms with Crippen molar-refractivity contribution in [2.75, 3.05) is 5.32 Å². The first kappa shape index (κ1) is 17.3. The number of hydrogen-bond acceptors (Lipinski definition) is 4. The first-order valence-electron chi connectivity index (χ1n) is 7.71. The van der Waals surface area contributed by atoms with Gasteiger partial charge >= 0.3 is 5.69 Å². The first-order valence-corrected chi connectivity index (χ1v) is 7.71. The highest BCUT2D eigenvalue weighted by Crippen LogP contribution is 2.09. The summed E-state index contributed by atoms with van der Waals surface area (Å²) in [4.78, 5) is 37.0. The molecule has 0 atom stereocenters. The van der Waals surface area contributed by atoms with Gasteiger partial charge in [0.1, 0.15) is 5.82 Å². The van der Waals surface area contributed by atoms with E-state index in [0.717, 1.165) is 26.9 Å². The standard InChI is InChI=1S/C18H15FN4O3/c1-11-3-7-13(8-4-11)20-16(24)15-17(25)22(2)18(26)23(21-15)14-9-5-12(19)6-10-14/h3-10H,1-2H3,(H,20,24). The van der Waals surface area contributed by atoms with E-state index in [1.807, 2.05) is 6.92 Å². The molecule has 7 nitrogen and oxygen atoms in total. The summed E-state index contributed by atoms with van der Waals surface area (Å²) in [7, 11) is 1.25. The number of nitrogens with zero attached hydrogens (tertiary/aromatic N) is 3. The third kappa shape index (κ3) is 3.30. The molecule has 8 heteroatoms. The maximum atomic E-state index is 13.1. The summed E-state index contributed by atoms with van der Waals surface area (Å²) < 4.78 is 14.8. The second-order valence-electron chi connectivity index (χ2n) is 5.70. The lowest BCUT2D eigenvalue weighted by molar-refractivity contribution is 0.101. The van der Waals surface area contributed by atoms with Crippen molar-refractivity contribution in [2.24, 2.45) is 7.05 Å². The molecule has 26 heavy (non-hydrogen) atoms. The minimum Gasteiger partial charge on any atom is -0.320 e. The van der Waals surface area contributed by atoms with Gasteiger partial charge in [-0.2, -0.15) is 9.78 Å². The minimum absolute atomic E-state index is 0.233. The third-order valence-corrected chi connectivity index (χ3v) is 3.77. The Bertz CT molecular complexity index is 1080. The van der Waals surface area contributed by atoms with Crippen molar-refractivity contribution in [1.29, 1.82) is 0 Å². The van der Waals surface area contributed by atoms with Gasteiger partial charge in [-0.3, -0.25) is 14.2 Å². The van der Waals surface area contributed by atoms with Crippen LogP contribution in [0, 0.1) is 12.7 Å². The molecule has 0 radical (unpaired) electrons. The van der Waals surface area contributed by atoms with Crippen molar-refractivity contribution in [3.05, 3.63) is 86.4 Å². The second-order valence-corrected chi connectivity index (χ2v) is 5.70. The molecule has 3 rings (SSSR count). The van der Waals surface area contributed by atoms with Gasteiger partial charge in [-0.05, 0) is 43.3 Å². The summed E-state index contributed by atoms with van der Waals surface area (Å²) in [5, 5.41) is 6.45. The average Bonchev–Trinajstić information content (AvgIpc) is 2.63. The number of benzene rings is 2. The van der Waals surface area contributed by atoms with Crippen LogP contribution in [0.1, 0.15) is 16.1 Å². The van der Waals surface area contributed by atoms with Crippen molar-refractivity contribution in [1.82, 2.24) is 14.3 Å². The molecule has 0 bridgehead atoms. The van der Waals surface area contributed by atoms with Gasteiger partial charge in [0.2, 0.25) is 5.69 Å². The molecule has 0 saturated heterocycles. The Morgan fingerprint density at radius 1 is 1.04 bits per heavy atom. The van der Waals surface area contributed by atoms with Crippen LogP contribution in [0.5, 0.6) is 0 Å². The molecule has 0 unspecified atom stereocenters. The lowest BCUT2D eigenvalue weighted by Gasteiger charge is -2.10. The van der Waals surface area contributed by atoms with E-state index >= 15 is 0 Å². The van der Waals surface area contributed by atoms with Gasteiger partial charge < -0.3 is 5.32 Å². The van der Waals surface area contributed by atoms with E-state index < -0.39 is 28.7 Å². The van der Waals surface area contributed by atoms with E-state index in [9.17, 15) is 18.8 Å². The molecule has 1 N–H and O–H groups in total. The number of aromatic nitrogens is 3. The van der Waals surface area contributed by atoms with E-state index in [4.69, 9.17) is 0 Å². The topological polar surface area (TPSA) is 86.0 Å². The Kier molecular flexibility index (Phi) is 4.49. The third-order valence-electron chi connectivity index (χ3n) is 3.77. The maximum absolute atomic E-state index is 13.1. The summed E-state index contributed by atoms with van der Waals surface area (Å²) >= 11 is 0. The summed E-state index contributed by atoms with van der Waals surface area (Å²) in [5.41, 5.74) is -0.272. The molecule has 0 aliphatic heterocycles. The van der Waals surface area contributed by atoms with Gasteiger partial charge in [0.05, 0.1) is 5.69 Å². The summed E-state index contributed by atoms with van der Waals surface area (Å²) in [6, 6.07) is 12.0. The normalized spacial score (nSPS) is 10.6. The number of rotatable bonds is 3. The van der Waals surface area contributed by atoms with Gasteiger partial charge in [-0.15, -0.1) is 0 Å². The average molecular weight is 354 g/mol. The van der Waals surface area contributed by atoms with Crippen LogP contribution in [0.15, 0.2) is 58.1 Å². The molecule has 1 aromatic heterocycles. The molecule has 1 amide bonds. The van der Waals surface area contributed by atoms with E-state index in [2.05, 4.69) is 10.4 Å². The van der Waals surface area contributed by atoms with Gasteiger partial charge in [0.15, 0.2) is 0 Å². The number of nitrogens with one attached hydrogen (secondary N) is 1. The quantitative estimate of drug-likeness (QED) is 0.775. The Labute approximate surface area is 147 Å². The molecule has 1 heterocycles. The number of amides is 1. The number of hydrogen-bond donors (Lipinski definition) is 1. The fraction of sp³-hybridized carbons (Fsp3) is 0.111. The van der Waals surface area contributed by atoms with Crippen LogP contribution in [0.3, 0.4) is 0 Å². The Balaban J connectivity index is 2.05. The monoisotopic (exact) mass is 354 g/mol. The van der Waals surface area contributed by atoms with Crippen LogP contribution < -0.4 is 16.6 Å². The Morgan fingerprint density at radius 3 is 2.27 bits per heavy atom. The lowest BCUT2D eigenvalue weighted by Crippen LogP contribution is -2.43. The highest BCUT2D eigenvalue weighted by molar-refractivity contribution is 6.02. The molecule has 3 aromatic rings. The predicted molar refractivity (Wildman–Crippen MR) is 94.2 cm³/mol. The molecule has 0 fully saturated rings. The molecular formula is C18H15FN4O3. The van der Waals surface area contributed by atoms with E-state index in [-0.39, 0.29) is 5.69 Å². The smallest absolute Gasteiger partial charge is 0.320 e. The summed E-state index contributed by atoms with van der Waals surface area (Å²) in [6.07, 6.45) is 0. The number of carbonyl (C=O) groups is 1. The van der Waals surface area contributed by atoms with Gasteiger partial charge in [-0.25, -0.2) is 9.18 Å². The van der Waals surface area contributed by atoms with Gasteiger partial charge in [-0.1, -0.05) is 17.7 Å². The van der Waals surface area contributed by atoms with Crippen LogP contribution in [-0.4, -0.2) is 20.3 Å². The SMILES string of the molecule is Cc1ccc(NC(=O)c2nn(-c3ccc(F)cc3)c(=O)n(C)c2=O)cc1.